The molecule has 0 amide bonds. The van der Waals surface area contributed by atoms with Crippen molar-refractivity contribution in [1.82, 2.24) is 9.97 Å². The van der Waals surface area contributed by atoms with E-state index in [1.54, 1.807) is 18.2 Å². The molecule has 0 radical (unpaired) electrons. The number of halogens is 1. The zero-order valence-corrected chi connectivity index (χ0v) is 10.3. The van der Waals surface area contributed by atoms with Crippen LogP contribution in [0.25, 0.3) is 0 Å². The Hall–Kier alpha value is -2.34. The van der Waals surface area contributed by atoms with E-state index in [1.165, 1.54) is 6.33 Å². The second-order valence-corrected chi connectivity index (χ2v) is 4.10. The Bertz CT molecular complexity index is 648. The van der Waals surface area contributed by atoms with Crippen molar-refractivity contribution in [2.24, 2.45) is 0 Å². The third kappa shape index (κ3) is 2.17. The van der Waals surface area contributed by atoms with E-state index in [-0.39, 0.29) is 17.5 Å². The lowest BCUT2D eigenvalue weighted by Crippen LogP contribution is -2.00. The van der Waals surface area contributed by atoms with Crippen molar-refractivity contribution in [3.05, 3.63) is 35.2 Å². The average Bonchev–Trinajstić information content (AvgIpc) is 2.86. The molecule has 1 N–H and O–H groups in total. The Labute approximate surface area is 113 Å². The zero-order valence-electron chi connectivity index (χ0n) is 9.59. The molecule has 2 aromatic rings. The molecule has 0 spiro atoms. The maximum absolute atomic E-state index is 11.0. The van der Waals surface area contributed by atoms with Gasteiger partial charge in [0.05, 0.1) is 5.56 Å². The van der Waals surface area contributed by atoms with E-state index >= 15 is 0 Å². The lowest BCUT2D eigenvalue weighted by atomic mass is 10.2. The number of carbonyl (C=O) groups excluding carboxylic acids is 1. The molecule has 3 rings (SSSR count). The van der Waals surface area contributed by atoms with Gasteiger partial charge in [0, 0.05) is 11.8 Å². The third-order valence-electron chi connectivity index (χ3n) is 2.59. The molecule has 1 aliphatic heterocycles. The van der Waals surface area contributed by atoms with Crippen LogP contribution in [0.1, 0.15) is 10.4 Å². The number of benzene rings is 1. The van der Waals surface area contributed by atoms with Crippen molar-refractivity contribution in [3.8, 4) is 11.5 Å². The Morgan fingerprint density at radius 2 is 2.11 bits per heavy atom. The highest BCUT2D eigenvalue weighted by atomic mass is 35.5. The lowest BCUT2D eigenvalue weighted by Gasteiger charge is -2.08. The van der Waals surface area contributed by atoms with Crippen molar-refractivity contribution in [1.29, 1.82) is 0 Å². The molecule has 1 aromatic heterocycles. The Morgan fingerprint density at radius 3 is 2.95 bits per heavy atom. The molecule has 0 unspecified atom stereocenters. The Morgan fingerprint density at radius 1 is 1.26 bits per heavy atom. The summed E-state index contributed by atoms with van der Waals surface area (Å²) >= 11 is 5.82. The largest absolute Gasteiger partial charge is 0.454 e. The molecule has 19 heavy (non-hydrogen) atoms. The standard InChI is InChI=1S/C12H8ClN3O3/c13-11-8(4-17)12(15-5-14-11)16-7-1-2-9-10(3-7)19-6-18-9/h1-5H,6H2,(H,14,15,16). The molecule has 0 atom stereocenters. The predicted molar refractivity (Wildman–Crippen MR) is 68.3 cm³/mol. The molecule has 1 aliphatic rings. The highest BCUT2D eigenvalue weighted by molar-refractivity contribution is 6.32. The number of hydrogen-bond acceptors (Lipinski definition) is 6. The van der Waals surface area contributed by atoms with Gasteiger partial charge in [0.2, 0.25) is 6.79 Å². The van der Waals surface area contributed by atoms with Gasteiger partial charge in [0.25, 0.3) is 0 Å². The fourth-order valence-electron chi connectivity index (χ4n) is 1.69. The van der Waals surface area contributed by atoms with Crippen LogP contribution in [0, 0.1) is 0 Å². The second kappa shape index (κ2) is 4.74. The van der Waals surface area contributed by atoms with Gasteiger partial charge < -0.3 is 14.8 Å². The van der Waals surface area contributed by atoms with Crippen LogP contribution >= 0.6 is 11.6 Å². The van der Waals surface area contributed by atoms with Gasteiger partial charge in [0.15, 0.2) is 17.8 Å². The Kier molecular flexibility index (Phi) is 2.92. The van der Waals surface area contributed by atoms with E-state index in [0.29, 0.717) is 29.3 Å². The van der Waals surface area contributed by atoms with Gasteiger partial charge in [-0.2, -0.15) is 0 Å². The fraction of sp³-hybridized carbons (Fsp3) is 0.0833. The summed E-state index contributed by atoms with van der Waals surface area (Å²) < 4.78 is 10.5. The van der Waals surface area contributed by atoms with Crippen molar-refractivity contribution >= 4 is 29.4 Å². The van der Waals surface area contributed by atoms with Crippen LogP contribution in [0.5, 0.6) is 11.5 Å². The first-order chi connectivity index (χ1) is 9.28. The van der Waals surface area contributed by atoms with Gasteiger partial charge >= 0.3 is 0 Å². The zero-order chi connectivity index (χ0) is 13.2. The number of fused-ring (bicyclic) bond motifs is 1. The number of hydrogen-bond donors (Lipinski definition) is 1. The van der Waals surface area contributed by atoms with Crippen LogP contribution in [0.2, 0.25) is 5.15 Å². The molecule has 0 saturated carbocycles. The summed E-state index contributed by atoms with van der Waals surface area (Å²) in [5.74, 6) is 1.66. The van der Waals surface area contributed by atoms with Crippen molar-refractivity contribution in [2.75, 3.05) is 12.1 Å². The molecule has 0 aliphatic carbocycles. The maximum Gasteiger partial charge on any atom is 0.231 e. The van der Waals surface area contributed by atoms with Crippen molar-refractivity contribution in [2.45, 2.75) is 0 Å². The quantitative estimate of drug-likeness (QED) is 0.686. The summed E-state index contributed by atoms with van der Waals surface area (Å²) in [6.45, 7) is 0.206. The number of anilines is 2. The minimum absolute atomic E-state index is 0.105. The highest BCUT2D eigenvalue weighted by Crippen LogP contribution is 2.35. The van der Waals surface area contributed by atoms with Crippen LogP contribution in [0.3, 0.4) is 0 Å². The molecule has 1 aromatic carbocycles. The molecule has 0 saturated heterocycles. The predicted octanol–water partition coefficient (Wildman–Crippen LogP) is 2.41. The number of nitrogens with zero attached hydrogens (tertiary/aromatic N) is 2. The van der Waals surface area contributed by atoms with E-state index in [0.717, 1.165) is 0 Å². The topological polar surface area (TPSA) is 73.3 Å². The minimum atomic E-state index is 0.105. The molecule has 6 nitrogen and oxygen atoms in total. The van der Waals surface area contributed by atoms with Gasteiger partial charge in [-0.05, 0) is 12.1 Å². The van der Waals surface area contributed by atoms with E-state index < -0.39 is 0 Å². The van der Waals surface area contributed by atoms with E-state index in [4.69, 9.17) is 21.1 Å². The van der Waals surface area contributed by atoms with E-state index in [1.807, 2.05) is 0 Å². The monoisotopic (exact) mass is 277 g/mol. The van der Waals surface area contributed by atoms with Gasteiger partial charge in [-0.3, -0.25) is 4.79 Å². The molecular weight excluding hydrogens is 270 g/mol. The third-order valence-corrected chi connectivity index (χ3v) is 2.89. The summed E-state index contributed by atoms with van der Waals surface area (Å²) in [6.07, 6.45) is 1.89. The second-order valence-electron chi connectivity index (χ2n) is 3.74. The lowest BCUT2D eigenvalue weighted by molar-refractivity contribution is 0.112. The molecule has 0 bridgehead atoms. The first kappa shape index (κ1) is 11.7. The molecule has 0 fully saturated rings. The van der Waals surface area contributed by atoms with Gasteiger partial charge in [-0.25, -0.2) is 9.97 Å². The summed E-state index contributed by atoms with van der Waals surface area (Å²) in [5, 5.41) is 3.10. The smallest absolute Gasteiger partial charge is 0.231 e. The van der Waals surface area contributed by atoms with Crippen molar-refractivity contribution < 1.29 is 14.3 Å². The SMILES string of the molecule is O=Cc1c(Cl)ncnc1Nc1ccc2c(c1)OCO2. The van der Waals surface area contributed by atoms with Crippen LogP contribution in [-0.4, -0.2) is 23.0 Å². The molecule has 96 valence electrons. The number of rotatable bonds is 3. The number of nitrogens with one attached hydrogen (secondary N) is 1. The van der Waals surface area contributed by atoms with E-state index in [2.05, 4.69) is 15.3 Å². The van der Waals surface area contributed by atoms with Gasteiger partial charge in [-0.1, -0.05) is 11.6 Å². The van der Waals surface area contributed by atoms with E-state index in [9.17, 15) is 4.79 Å². The van der Waals surface area contributed by atoms with Gasteiger partial charge in [0.1, 0.15) is 17.3 Å². The van der Waals surface area contributed by atoms with Crippen molar-refractivity contribution in [3.63, 3.8) is 0 Å². The highest BCUT2D eigenvalue weighted by Gasteiger charge is 2.14. The summed E-state index contributed by atoms with van der Waals surface area (Å²) in [6, 6.07) is 5.32. The fourth-order valence-corrected chi connectivity index (χ4v) is 1.87. The molecule has 7 heteroatoms. The van der Waals surface area contributed by atoms with Crippen LogP contribution in [0.15, 0.2) is 24.5 Å². The maximum atomic E-state index is 11.0. The first-order valence-corrected chi connectivity index (χ1v) is 5.78. The molecular formula is C12H8ClN3O3. The first-order valence-electron chi connectivity index (χ1n) is 5.40. The van der Waals surface area contributed by atoms with Crippen LogP contribution in [0.4, 0.5) is 11.5 Å². The summed E-state index contributed by atoms with van der Waals surface area (Å²) in [5.41, 5.74) is 0.920. The number of aldehydes is 1. The van der Waals surface area contributed by atoms with Crippen LogP contribution < -0.4 is 14.8 Å². The Balaban J connectivity index is 1.93. The summed E-state index contributed by atoms with van der Waals surface area (Å²) in [4.78, 5) is 18.7. The average molecular weight is 278 g/mol. The van der Waals surface area contributed by atoms with Gasteiger partial charge in [-0.15, -0.1) is 0 Å². The van der Waals surface area contributed by atoms with Crippen LogP contribution in [-0.2, 0) is 0 Å². The number of ether oxygens (including phenoxy) is 2. The number of carbonyl (C=O) groups is 1. The molecule has 2 heterocycles. The minimum Gasteiger partial charge on any atom is -0.454 e. The number of aromatic nitrogens is 2. The summed E-state index contributed by atoms with van der Waals surface area (Å²) in [7, 11) is 0. The normalized spacial score (nSPS) is 12.3.